The van der Waals surface area contributed by atoms with Gasteiger partial charge in [0.15, 0.2) is 18.2 Å². The lowest BCUT2D eigenvalue weighted by molar-refractivity contribution is -0.127. The molecule has 3 heterocycles. The number of piperidine rings is 1. The number of aliphatic hydroxyl groups is 1. The van der Waals surface area contributed by atoms with E-state index in [1.165, 1.54) is 11.3 Å². The van der Waals surface area contributed by atoms with Crippen molar-refractivity contribution in [1.82, 2.24) is 20.0 Å². The van der Waals surface area contributed by atoms with E-state index in [1.54, 1.807) is 7.05 Å². The molecule has 2 saturated heterocycles. The standard InChI is InChI=1S/C17H29N5O4/c1-11(2)26-10-12(23)9-22-13-14(20(3)17(25)19-15(13)24)18-16(22)21-7-5-4-6-8-21/h11-14,23H,4-10H2,1-3H3,(H,19,24,25). The summed E-state index contributed by atoms with van der Waals surface area (Å²) in [5.41, 5.74) is 0. The molecule has 3 unspecified atom stereocenters. The highest BCUT2D eigenvalue weighted by Crippen LogP contribution is 2.27. The van der Waals surface area contributed by atoms with Crippen molar-refractivity contribution in [2.24, 2.45) is 4.99 Å². The number of fused-ring (bicyclic) bond motifs is 1. The number of urea groups is 1. The van der Waals surface area contributed by atoms with Crippen LogP contribution in [-0.4, -0.2) is 95.4 Å². The highest BCUT2D eigenvalue weighted by Gasteiger charge is 2.50. The van der Waals surface area contributed by atoms with Gasteiger partial charge in [0.25, 0.3) is 5.91 Å². The molecule has 26 heavy (non-hydrogen) atoms. The van der Waals surface area contributed by atoms with Gasteiger partial charge in [-0.05, 0) is 33.1 Å². The summed E-state index contributed by atoms with van der Waals surface area (Å²) in [6.45, 7) is 5.98. The van der Waals surface area contributed by atoms with Crippen LogP contribution >= 0.6 is 0 Å². The maximum atomic E-state index is 12.5. The molecular formula is C17H29N5O4. The maximum Gasteiger partial charge on any atom is 0.325 e. The number of amides is 3. The molecule has 0 aromatic heterocycles. The fourth-order valence-corrected chi connectivity index (χ4v) is 3.65. The summed E-state index contributed by atoms with van der Waals surface area (Å²) in [5.74, 6) is 0.325. The molecule has 146 valence electrons. The van der Waals surface area contributed by atoms with Crippen LogP contribution in [0.25, 0.3) is 0 Å². The van der Waals surface area contributed by atoms with Crippen LogP contribution in [0.2, 0.25) is 0 Å². The van der Waals surface area contributed by atoms with Crippen LogP contribution < -0.4 is 5.32 Å². The lowest BCUT2D eigenvalue weighted by Gasteiger charge is -2.39. The highest BCUT2D eigenvalue weighted by molar-refractivity contribution is 6.03. The molecule has 0 spiro atoms. The van der Waals surface area contributed by atoms with Crippen LogP contribution in [0.5, 0.6) is 0 Å². The molecule has 0 radical (unpaired) electrons. The summed E-state index contributed by atoms with van der Waals surface area (Å²) in [4.78, 5) is 34.6. The lowest BCUT2D eigenvalue weighted by Crippen LogP contribution is -2.65. The number of carbonyl (C=O) groups is 2. The third-order valence-corrected chi connectivity index (χ3v) is 5.01. The first-order valence-electron chi connectivity index (χ1n) is 9.35. The number of aliphatic hydroxyl groups excluding tert-OH is 1. The fraction of sp³-hybridized carbons (Fsp3) is 0.824. The maximum absolute atomic E-state index is 12.5. The van der Waals surface area contributed by atoms with Crippen molar-refractivity contribution in [3.05, 3.63) is 0 Å². The van der Waals surface area contributed by atoms with Crippen molar-refractivity contribution >= 4 is 17.9 Å². The van der Waals surface area contributed by atoms with Crippen molar-refractivity contribution in [3.8, 4) is 0 Å². The number of nitrogens with zero attached hydrogens (tertiary/aromatic N) is 4. The minimum absolute atomic E-state index is 0.0212. The van der Waals surface area contributed by atoms with Crippen molar-refractivity contribution in [1.29, 1.82) is 0 Å². The number of aliphatic imine (C=N–C) groups is 1. The molecular weight excluding hydrogens is 338 g/mol. The molecule has 0 saturated carbocycles. The van der Waals surface area contributed by atoms with Crippen LogP contribution in [0, 0.1) is 0 Å². The first kappa shape index (κ1) is 18.9. The molecule has 3 atom stereocenters. The minimum Gasteiger partial charge on any atom is -0.389 e. The second kappa shape index (κ2) is 7.79. The summed E-state index contributed by atoms with van der Waals surface area (Å²) >= 11 is 0. The van der Waals surface area contributed by atoms with Gasteiger partial charge in [0.1, 0.15) is 0 Å². The third kappa shape index (κ3) is 3.78. The molecule has 9 nitrogen and oxygen atoms in total. The summed E-state index contributed by atoms with van der Waals surface area (Å²) in [6, 6.07) is -1.06. The number of nitrogens with one attached hydrogen (secondary N) is 1. The molecule has 0 aromatic rings. The fourth-order valence-electron chi connectivity index (χ4n) is 3.65. The van der Waals surface area contributed by atoms with Gasteiger partial charge in [-0.25, -0.2) is 9.79 Å². The van der Waals surface area contributed by atoms with E-state index in [2.05, 4.69) is 10.2 Å². The van der Waals surface area contributed by atoms with Crippen LogP contribution in [0.4, 0.5) is 4.79 Å². The number of carbonyl (C=O) groups excluding carboxylic acids is 2. The molecule has 2 N–H and O–H groups in total. The van der Waals surface area contributed by atoms with Crippen LogP contribution in [0.1, 0.15) is 33.1 Å². The van der Waals surface area contributed by atoms with Crippen molar-refractivity contribution in [2.75, 3.05) is 33.3 Å². The monoisotopic (exact) mass is 367 g/mol. The van der Waals surface area contributed by atoms with E-state index in [-0.39, 0.29) is 25.2 Å². The van der Waals surface area contributed by atoms with E-state index < -0.39 is 24.3 Å². The second-order valence-corrected chi connectivity index (χ2v) is 7.43. The van der Waals surface area contributed by atoms with Gasteiger partial charge < -0.3 is 24.5 Å². The highest BCUT2D eigenvalue weighted by atomic mass is 16.5. The number of β-amino-alcohol motifs (C(OH)–C–C–N with tert-alkyl or cyclic N) is 1. The number of likely N-dealkylation sites (tertiary alicyclic amines) is 1. The second-order valence-electron chi connectivity index (χ2n) is 7.43. The van der Waals surface area contributed by atoms with Crippen molar-refractivity contribution < 1.29 is 19.4 Å². The van der Waals surface area contributed by atoms with E-state index in [0.717, 1.165) is 25.9 Å². The average Bonchev–Trinajstić information content (AvgIpc) is 2.98. The first-order valence-corrected chi connectivity index (χ1v) is 9.35. The molecule has 3 amide bonds. The van der Waals surface area contributed by atoms with E-state index >= 15 is 0 Å². The number of ether oxygens (including phenoxy) is 1. The zero-order valence-electron chi connectivity index (χ0n) is 15.7. The van der Waals surface area contributed by atoms with E-state index in [1.807, 2.05) is 18.7 Å². The quantitative estimate of drug-likeness (QED) is 0.699. The molecule has 3 rings (SSSR count). The molecule has 2 fully saturated rings. The Morgan fingerprint density at radius 2 is 1.96 bits per heavy atom. The van der Waals surface area contributed by atoms with E-state index in [4.69, 9.17) is 9.73 Å². The Kier molecular flexibility index (Phi) is 5.67. The molecule has 9 heteroatoms. The van der Waals surface area contributed by atoms with Gasteiger partial charge in [0, 0.05) is 26.7 Å². The molecule has 0 aliphatic carbocycles. The largest absolute Gasteiger partial charge is 0.389 e. The Morgan fingerprint density at radius 3 is 2.62 bits per heavy atom. The Balaban J connectivity index is 1.81. The zero-order valence-corrected chi connectivity index (χ0v) is 15.7. The van der Waals surface area contributed by atoms with Gasteiger partial charge in [-0.3, -0.25) is 10.1 Å². The number of hydrogen-bond donors (Lipinski definition) is 2. The Bertz CT molecular complexity index is 576. The summed E-state index contributed by atoms with van der Waals surface area (Å²) in [7, 11) is 1.64. The Morgan fingerprint density at radius 1 is 1.27 bits per heavy atom. The summed E-state index contributed by atoms with van der Waals surface area (Å²) < 4.78 is 5.50. The van der Waals surface area contributed by atoms with Gasteiger partial charge in [-0.15, -0.1) is 0 Å². The molecule has 3 aliphatic rings. The van der Waals surface area contributed by atoms with Gasteiger partial charge in [0.2, 0.25) is 0 Å². The van der Waals surface area contributed by atoms with Gasteiger partial charge >= 0.3 is 6.03 Å². The summed E-state index contributed by atoms with van der Waals surface area (Å²) in [6.07, 6.45) is 2.03. The SMILES string of the molecule is CC(C)OCC(O)CN1C(N2CCCCC2)=NC2C1C(=O)NC(=O)N2C. The van der Waals surface area contributed by atoms with Gasteiger partial charge in [-0.1, -0.05) is 0 Å². The molecule has 0 bridgehead atoms. The number of likely N-dealkylation sites (N-methyl/N-ethyl adjacent to an activating group) is 1. The molecule has 3 aliphatic heterocycles. The smallest absolute Gasteiger partial charge is 0.325 e. The third-order valence-electron chi connectivity index (χ3n) is 5.01. The van der Waals surface area contributed by atoms with E-state index in [9.17, 15) is 14.7 Å². The Hall–Kier alpha value is -1.87. The number of guanidine groups is 1. The Labute approximate surface area is 154 Å². The number of hydrogen-bond acceptors (Lipinski definition) is 7. The van der Waals surface area contributed by atoms with E-state index in [0.29, 0.717) is 5.96 Å². The lowest BCUT2D eigenvalue weighted by atomic mass is 10.1. The number of imide groups is 1. The first-order chi connectivity index (χ1) is 12.4. The van der Waals surface area contributed by atoms with Crippen LogP contribution in [0.15, 0.2) is 4.99 Å². The van der Waals surface area contributed by atoms with Crippen LogP contribution in [0.3, 0.4) is 0 Å². The molecule has 0 aromatic carbocycles. The van der Waals surface area contributed by atoms with Crippen molar-refractivity contribution in [3.63, 3.8) is 0 Å². The zero-order chi connectivity index (χ0) is 18.8. The predicted molar refractivity (Wildman–Crippen MR) is 95.5 cm³/mol. The summed E-state index contributed by atoms with van der Waals surface area (Å²) in [5, 5.41) is 12.8. The van der Waals surface area contributed by atoms with Gasteiger partial charge in [0.05, 0.1) is 18.8 Å². The topological polar surface area (TPSA) is 97.7 Å². The predicted octanol–water partition coefficient (Wildman–Crippen LogP) is -0.194. The van der Waals surface area contributed by atoms with Crippen molar-refractivity contribution in [2.45, 2.75) is 57.5 Å². The normalized spacial score (nSPS) is 27.6. The minimum atomic E-state index is -0.748. The number of rotatable bonds is 5. The average molecular weight is 367 g/mol. The van der Waals surface area contributed by atoms with Crippen LogP contribution in [-0.2, 0) is 9.53 Å². The van der Waals surface area contributed by atoms with Gasteiger partial charge in [-0.2, -0.15) is 0 Å².